The van der Waals surface area contributed by atoms with Crippen LogP contribution < -0.4 is 14.4 Å². The largest absolute Gasteiger partial charge is 0.476 e. The van der Waals surface area contributed by atoms with Crippen molar-refractivity contribution < 1.29 is 17.9 Å². The Bertz CT molecular complexity index is 1470. The lowest BCUT2D eigenvalue weighted by molar-refractivity contribution is 0.0981. The Morgan fingerprint density at radius 3 is 2.51 bits per heavy atom. The Hall–Kier alpha value is -3.67. The summed E-state index contributed by atoms with van der Waals surface area (Å²) >= 11 is 0. The van der Waals surface area contributed by atoms with Crippen molar-refractivity contribution in [2.24, 2.45) is 13.0 Å². The molecule has 4 rings (SSSR count). The first-order valence-electron chi connectivity index (χ1n) is 12.0. The second-order valence-electron chi connectivity index (χ2n) is 10.3. The number of sulfonamides is 1. The van der Waals surface area contributed by atoms with E-state index in [1.54, 1.807) is 43.0 Å². The van der Waals surface area contributed by atoms with E-state index in [1.165, 1.54) is 10.9 Å². The monoisotopic (exact) mass is 527 g/mol. The number of nitrogens with one attached hydrogen (secondary N) is 1. The third-order valence-corrected chi connectivity index (χ3v) is 7.35. The summed E-state index contributed by atoms with van der Waals surface area (Å²) in [5.41, 5.74) is 1.10. The average Bonchev–Trinajstić information content (AvgIpc) is 3.48. The smallest absolute Gasteiger partial charge is 0.268 e. The molecule has 12 heteroatoms. The lowest BCUT2D eigenvalue weighted by atomic mass is 10.0. The van der Waals surface area contributed by atoms with Gasteiger partial charge >= 0.3 is 0 Å². The molecule has 0 aliphatic carbocycles. The summed E-state index contributed by atoms with van der Waals surface area (Å²) in [5, 5.41) is 8.53. The van der Waals surface area contributed by atoms with Crippen LogP contribution in [-0.4, -0.2) is 57.6 Å². The number of hydrogen-bond donors (Lipinski definition) is 1. The average molecular weight is 528 g/mol. The molecule has 3 aromatic rings. The normalized spacial score (nSPS) is 15.2. The second kappa shape index (κ2) is 9.66. The molecule has 1 aliphatic rings. The summed E-state index contributed by atoms with van der Waals surface area (Å²) in [6.07, 6.45) is 5.20. The number of carbonyl (C=O) groups is 1. The van der Waals surface area contributed by atoms with Gasteiger partial charge in [-0.05, 0) is 45.7 Å². The van der Waals surface area contributed by atoms with Crippen molar-refractivity contribution in [1.29, 1.82) is 0 Å². The van der Waals surface area contributed by atoms with Crippen LogP contribution in [0.5, 0.6) is 5.88 Å². The second-order valence-corrected chi connectivity index (χ2v) is 11.9. The fourth-order valence-corrected chi connectivity index (χ4v) is 5.50. The predicted octanol–water partition coefficient (Wildman–Crippen LogP) is 3.01. The minimum atomic E-state index is -4.15. The summed E-state index contributed by atoms with van der Waals surface area (Å²) < 4.78 is 36.9. The van der Waals surface area contributed by atoms with E-state index in [-0.39, 0.29) is 10.5 Å². The third-order valence-electron chi connectivity index (χ3n) is 5.91. The van der Waals surface area contributed by atoms with E-state index in [0.717, 1.165) is 5.57 Å². The first-order valence-corrected chi connectivity index (χ1v) is 13.5. The highest BCUT2D eigenvalue weighted by Gasteiger charge is 2.35. The molecule has 0 fully saturated rings. The van der Waals surface area contributed by atoms with Crippen molar-refractivity contribution in [3.05, 3.63) is 53.5 Å². The van der Waals surface area contributed by atoms with E-state index in [0.29, 0.717) is 42.3 Å². The van der Waals surface area contributed by atoms with Gasteiger partial charge in [0.05, 0.1) is 23.4 Å². The number of ether oxygens (including phenoxy) is 1. The Morgan fingerprint density at radius 2 is 1.92 bits per heavy atom. The van der Waals surface area contributed by atoms with E-state index in [2.05, 4.69) is 34.8 Å². The van der Waals surface area contributed by atoms with Gasteiger partial charge in [-0.2, -0.15) is 5.10 Å². The highest BCUT2D eigenvalue weighted by Crippen LogP contribution is 2.34. The number of aromatic nitrogens is 5. The van der Waals surface area contributed by atoms with Crippen LogP contribution in [0.4, 0.5) is 5.82 Å². The zero-order valence-electron chi connectivity index (χ0n) is 22.2. The van der Waals surface area contributed by atoms with Crippen LogP contribution in [0.15, 0.2) is 47.1 Å². The summed E-state index contributed by atoms with van der Waals surface area (Å²) in [6, 6.07) is 4.94. The fourth-order valence-electron chi connectivity index (χ4n) is 4.31. The zero-order valence-corrected chi connectivity index (χ0v) is 23.0. The van der Waals surface area contributed by atoms with E-state index < -0.39 is 21.5 Å². The quantitative estimate of drug-likeness (QED) is 0.444. The molecule has 0 atom stereocenters. The Balaban J connectivity index is 1.72. The van der Waals surface area contributed by atoms with Crippen molar-refractivity contribution in [3.8, 4) is 11.7 Å². The number of rotatable bonds is 8. The maximum Gasteiger partial charge on any atom is 0.268 e. The first-order chi connectivity index (χ1) is 17.3. The van der Waals surface area contributed by atoms with E-state index in [9.17, 15) is 13.2 Å². The lowest BCUT2D eigenvalue weighted by Gasteiger charge is -2.33. The standard InChI is InChI=1S/C25H33N7O4S/c1-16(2)15-36-22-10-11-32(28-22)21-9-8-19(23(26-21)31-13-17(3)12-25(31,5)6)24(33)29-37(34,35)20-14-30(7)27-18(20)4/h8-12,14,16H,13,15H2,1-7H3,(H,29,33). The van der Waals surface area contributed by atoms with Gasteiger partial charge in [0.1, 0.15) is 10.7 Å². The van der Waals surface area contributed by atoms with Crippen molar-refractivity contribution >= 4 is 21.7 Å². The van der Waals surface area contributed by atoms with Gasteiger partial charge in [0.2, 0.25) is 5.88 Å². The van der Waals surface area contributed by atoms with Crippen LogP contribution >= 0.6 is 0 Å². The predicted molar refractivity (Wildman–Crippen MR) is 139 cm³/mol. The minimum absolute atomic E-state index is 0.0565. The molecule has 1 aliphatic heterocycles. The fraction of sp³-hybridized carbons (Fsp3) is 0.440. The summed E-state index contributed by atoms with van der Waals surface area (Å²) in [4.78, 5) is 20.1. The number of pyridine rings is 1. The Kier molecular flexibility index (Phi) is 6.89. The number of amides is 1. The van der Waals surface area contributed by atoms with Gasteiger partial charge in [-0.3, -0.25) is 9.48 Å². The highest BCUT2D eigenvalue weighted by molar-refractivity contribution is 7.90. The molecule has 0 aromatic carbocycles. The van der Waals surface area contributed by atoms with Crippen LogP contribution in [0.1, 0.15) is 50.7 Å². The molecular formula is C25H33N7O4S. The lowest BCUT2D eigenvalue weighted by Crippen LogP contribution is -2.41. The molecular weight excluding hydrogens is 494 g/mol. The molecule has 3 aromatic heterocycles. The number of carbonyl (C=O) groups excluding carboxylic acids is 1. The Labute approximate surface area is 217 Å². The van der Waals surface area contributed by atoms with Gasteiger partial charge in [0.25, 0.3) is 15.9 Å². The molecule has 1 amide bonds. The maximum atomic E-state index is 13.4. The van der Waals surface area contributed by atoms with Crippen LogP contribution in [0.25, 0.3) is 5.82 Å². The molecule has 0 radical (unpaired) electrons. The molecule has 11 nitrogen and oxygen atoms in total. The topological polar surface area (TPSA) is 124 Å². The SMILES string of the molecule is CC1=CC(C)(C)N(c2nc(-n3ccc(OCC(C)C)n3)ccc2C(=O)NS(=O)(=O)c2cn(C)nc2C)C1. The molecule has 4 heterocycles. The van der Waals surface area contributed by atoms with Crippen molar-refractivity contribution in [2.75, 3.05) is 18.1 Å². The molecule has 0 saturated carbocycles. The minimum Gasteiger partial charge on any atom is -0.476 e. The molecule has 0 spiro atoms. The van der Waals surface area contributed by atoms with Gasteiger partial charge in [-0.25, -0.2) is 22.8 Å². The van der Waals surface area contributed by atoms with E-state index in [4.69, 9.17) is 9.72 Å². The number of nitrogens with zero attached hydrogens (tertiary/aromatic N) is 6. The Morgan fingerprint density at radius 1 is 1.19 bits per heavy atom. The molecule has 0 unspecified atom stereocenters. The van der Waals surface area contributed by atoms with Crippen LogP contribution in [0, 0.1) is 12.8 Å². The van der Waals surface area contributed by atoms with Crippen molar-refractivity contribution in [1.82, 2.24) is 29.3 Å². The zero-order chi connectivity index (χ0) is 27.1. The maximum absolute atomic E-state index is 13.4. The van der Waals surface area contributed by atoms with Crippen LogP contribution in [0.3, 0.4) is 0 Å². The molecule has 198 valence electrons. The van der Waals surface area contributed by atoms with Gasteiger partial charge in [0, 0.05) is 32.1 Å². The number of hydrogen-bond acceptors (Lipinski definition) is 8. The van der Waals surface area contributed by atoms with Crippen LogP contribution in [-0.2, 0) is 17.1 Å². The summed E-state index contributed by atoms with van der Waals surface area (Å²) in [6.45, 7) is 12.8. The third kappa shape index (κ3) is 5.53. The first kappa shape index (κ1) is 26.4. The van der Waals surface area contributed by atoms with Gasteiger partial charge in [-0.15, -0.1) is 5.10 Å². The van der Waals surface area contributed by atoms with Gasteiger partial charge in [-0.1, -0.05) is 25.5 Å². The van der Waals surface area contributed by atoms with E-state index in [1.807, 2.05) is 25.7 Å². The summed E-state index contributed by atoms with van der Waals surface area (Å²) in [7, 11) is -2.53. The molecule has 0 bridgehead atoms. The van der Waals surface area contributed by atoms with Gasteiger partial charge in [0.15, 0.2) is 5.82 Å². The van der Waals surface area contributed by atoms with Gasteiger partial charge < -0.3 is 9.64 Å². The number of anilines is 1. The summed E-state index contributed by atoms with van der Waals surface area (Å²) in [5.74, 6) is 0.867. The highest BCUT2D eigenvalue weighted by atomic mass is 32.2. The molecule has 0 saturated heterocycles. The van der Waals surface area contributed by atoms with Crippen molar-refractivity contribution in [2.45, 2.75) is 52.0 Å². The molecule has 1 N–H and O–H groups in total. The van der Waals surface area contributed by atoms with Crippen molar-refractivity contribution in [3.63, 3.8) is 0 Å². The van der Waals surface area contributed by atoms with Crippen LogP contribution in [0.2, 0.25) is 0 Å². The number of aryl methyl sites for hydroxylation is 2. The molecule has 37 heavy (non-hydrogen) atoms. The van der Waals surface area contributed by atoms with E-state index >= 15 is 0 Å².